The fourth-order valence-electron chi connectivity index (χ4n) is 3.27. The Morgan fingerprint density at radius 1 is 1.14 bits per heavy atom. The van der Waals surface area contributed by atoms with Crippen molar-refractivity contribution >= 4 is 12.6 Å². The molecule has 3 rings (SSSR count). The van der Waals surface area contributed by atoms with Gasteiger partial charge in [-0.25, -0.2) is 4.39 Å². The van der Waals surface area contributed by atoms with Crippen molar-refractivity contribution in [1.29, 1.82) is 0 Å². The van der Waals surface area contributed by atoms with Crippen molar-refractivity contribution in [2.45, 2.75) is 30.4 Å². The number of hydrogen-bond acceptors (Lipinski definition) is 2. The molecule has 0 bridgehead atoms. The molecule has 1 aliphatic rings. The van der Waals surface area contributed by atoms with E-state index in [9.17, 15) is 4.39 Å². The molecule has 0 spiro atoms. The van der Waals surface area contributed by atoms with Gasteiger partial charge in [-0.15, -0.1) is 0 Å². The van der Waals surface area contributed by atoms with Gasteiger partial charge in [0.15, 0.2) is 0 Å². The van der Waals surface area contributed by atoms with E-state index in [0.717, 1.165) is 24.8 Å². The first kappa shape index (κ1) is 14.6. The molecule has 0 heterocycles. The van der Waals surface area contributed by atoms with E-state index in [4.69, 9.17) is 5.73 Å². The Balaban J connectivity index is 2.03. The highest BCUT2D eigenvalue weighted by atomic mass is 32.1. The van der Waals surface area contributed by atoms with Gasteiger partial charge < -0.3 is 5.73 Å². The molecule has 2 unspecified atom stereocenters. The lowest BCUT2D eigenvalue weighted by Crippen LogP contribution is -2.18. The van der Waals surface area contributed by atoms with Gasteiger partial charge in [0.2, 0.25) is 0 Å². The normalized spacial score (nSPS) is 18.5. The Morgan fingerprint density at radius 2 is 1.95 bits per heavy atom. The van der Waals surface area contributed by atoms with Crippen LogP contribution in [0.4, 0.5) is 4.39 Å². The van der Waals surface area contributed by atoms with Gasteiger partial charge >= 0.3 is 0 Å². The van der Waals surface area contributed by atoms with Crippen molar-refractivity contribution in [3.63, 3.8) is 0 Å². The molecule has 110 valence electrons. The molecular weight excluding hydrogens is 281 g/mol. The first-order valence-corrected chi connectivity index (χ1v) is 7.92. The van der Waals surface area contributed by atoms with Crippen LogP contribution in [0.1, 0.15) is 34.6 Å². The van der Waals surface area contributed by atoms with Crippen LogP contribution in [0.3, 0.4) is 0 Å². The Labute approximate surface area is 130 Å². The lowest BCUT2D eigenvalue weighted by molar-refractivity contribution is 0.597. The van der Waals surface area contributed by atoms with Gasteiger partial charge in [-0.2, -0.15) is 12.6 Å². The topological polar surface area (TPSA) is 26.0 Å². The Hall–Kier alpha value is -1.32. The summed E-state index contributed by atoms with van der Waals surface area (Å²) in [7, 11) is 0. The van der Waals surface area contributed by atoms with Gasteiger partial charge in [0, 0.05) is 11.8 Å². The third-order valence-corrected chi connectivity index (χ3v) is 4.76. The van der Waals surface area contributed by atoms with E-state index in [1.165, 1.54) is 16.7 Å². The molecule has 0 radical (unpaired) electrons. The highest BCUT2D eigenvalue weighted by Crippen LogP contribution is 2.35. The molecule has 0 aliphatic heterocycles. The summed E-state index contributed by atoms with van der Waals surface area (Å²) in [6.45, 7) is 0.567. The summed E-state index contributed by atoms with van der Waals surface area (Å²) >= 11 is 4.56. The van der Waals surface area contributed by atoms with Gasteiger partial charge in [-0.3, -0.25) is 0 Å². The van der Waals surface area contributed by atoms with E-state index in [2.05, 4.69) is 36.9 Å². The maximum absolute atomic E-state index is 13.6. The molecule has 2 aromatic carbocycles. The first-order valence-electron chi connectivity index (χ1n) is 7.40. The zero-order valence-corrected chi connectivity index (χ0v) is 12.8. The minimum Gasteiger partial charge on any atom is -0.329 e. The van der Waals surface area contributed by atoms with E-state index < -0.39 is 0 Å². The second kappa shape index (κ2) is 6.20. The zero-order chi connectivity index (χ0) is 14.8. The lowest BCUT2D eigenvalue weighted by Gasteiger charge is -2.21. The molecule has 1 aliphatic carbocycles. The molecule has 2 N–H and O–H groups in total. The monoisotopic (exact) mass is 301 g/mol. The number of halogens is 1. The number of nitrogens with two attached hydrogens (primary N) is 1. The molecule has 2 aromatic rings. The summed E-state index contributed by atoms with van der Waals surface area (Å²) in [6, 6.07) is 13.7. The van der Waals surface area contributed by atoms with Crippen LogP contribution in [0.5, 0.6) is 0 Å². The average molecular weight is 301 g/mol. The summed E-state index contributed by atoms with van der Waals surface area (Å²) in [4.78, 5) is 0. The summed E-state index contributed by atoms with van der Waals surface area (Å²) in [6.07, 6.45) is 2.66. The number of benzene rings is 2. The molecule has 2 atom stereocenters. The number of rotatable bonds is 3. The maximum Gasteiger partial charge on any atom is 0.123 e. The molecule has 1 nitrogen and oxygen atoms in total. The van der Waals surface area contributed by atoms with E-state index in [1.54, 1.807) is 12.1 Å². The lowest BCUT2D eigenvalue weighted by atomic mass is 9.87. The summed E-state index contributed by atoms with van der Waals surface area (Å²) in [5, 5.41) is 0.179. The van der Waals surface area contributed by atoms with Gasteiger partial charge in [0.05, 0.1) is 0 Å². The quantitative estimate of drug-likeness (QED) is 0.831. The van der Waals surface area contributed by atoms with Gasteiger partial charge in [-0.05, 0) is 59.6 Å². The minimum atomic E-state index is -0.153. The number of hydrogen-bond donors (Lipinski definition) is 2. The van der Waals surface area contributed by atoms with E-state index >= 15 is 0 Å². The van der Waals surface area contributed by atoms with E-state index in [-0.39, 0.29) is 11.1 Å². The van der Waals surface area contributed by atoms with Gasteiger partial charge in [0.1, 0.15) is 5.82 Å². The first-order chi connectivity index (χ1) is 10.2. The highest BCUT2D eigenvalue weighted by molar-refractivity contribution is 7.81. The predicted octanol–water partition coefficient (Wildman–Crippen LogP) is 3.70. The summed E-state index contributed by atoms with van der Waals surface area (Å²) in [5.41, 5.74) is 10.8. The molecule has 3 heteroatoms. The van der Waals surface area contributed by atoms with Crippen LogP contribution in [0.2, 0.25) is 0 Å². The molecule has 0 aromatic heterocycles. The molecule has 0 amide bonds. The zero-order valence-electron chi connectivity index (χ0n) is 11.9. The van der Waals surface area contributed by atoms with Crippen LogP contribution in [0.15, 0.2) is 42.5 Å². The molecule has 0 saturated carbocycles. The van der Waals surface area contributed by atoms with Crippen molar-refractivity contribution in [3.8, 4) is 0 Å². The van der Waals surface area contributed by atoms with Crippen LogP contribution >= 0.6 is 12.6 Å². The van der Waals surface area contributed by atoms with Gasteiger partial charge in [0.25, 0.3) is 0 Å². The number of fused-ring (bicyclic) bond motifs is 2. The maximum atomic E-state index is 13.6. The van der Waals surface area contributed by atoms with Crippen LogP contribution in [-0.2, 0) is 12.8 Å². The van der Waals surface area contributed by atoms with Crippen molar-refractivity contribution in [3.05, 3.63) is 70.5 Å². The third-order valence-electron chi connectivity index (χ3n) is 4.34. The standard InChI is InChI=1S/C18H20FNS/c19-16-6-5-12-7-13-3-1-2-4-18(13)15(8-14(12)9-16)10-17(21)11-20/h1-6,9,15,17,21H,7-8,10-11,20H2. The largest absolute Gasteiger partial charge is 0.329 e. The molecule has 0 fully saturated rings. The molecular formula is C18H20FNS. The Morgan fingerprint density at radius 3 is 2.76 bits per heavy atom. The number of thiol groups is 1. The van der Waals surface area contributed by atoms with E-state index in [1.807, 2.05) is 6.07 Å². The Kier molecular flexibility index (Phi) is 4.32. The van der Waals surface area contributed by atoms with Crippen molar-refractivity contribution < 1.29 is 4.39 Å². The van der Waals surface area contributed by atoms with Crippen LogP contribution in [0, 0.1) is 5.82 Å². The molecule has 21 heavy (non-hydrogen) atoms. The van der Waals surface area contributed by atoms with Crippen LogP contribution in [0.25, 0.3) is 0 Å². The Bertz CT molecular complexity index is 641. The van der Waals surface area contributed by atoms with Gasteiger partial charge in [-0.1, -0.05) is 30.3 Å². The average Bonchev–Trinajstić information content (AvgIpc) is 2.63. The van der Waals surface area contributed by atoms with Crippen LogP contribution in [-0.4, -0.2) is 11.8 Å². The second-order valence-corrected chi connectivity index (χ2v) is 6.55. The SMILES string of the molecule is NCC(S)CC1Cc2cc(F)ccc2Cc2ccccc21. The smallest absolute Gasteiger partial charge is 0.123 e. The molecule has 0 saturated heterocycles. The third kappa shape index (κ3) is 3.14. The minimum absolute atomic E-state index is 0.153. The van der Waals surface area contributed by atoms with Crippen molar-refractivity contribution in [2.24, 2.45) is 5.73 Å². The second-order valence-electron chi connectivity index (χ2n) is 5.81. The predicted molar refractivity (Wildman–Crippen MR) is 88.5 cm³/mol. The highest BCUT2D eigenvalue weighted by Gasteiger charge is 2.23. The van der Waals surface area contributed by atoms with Crippen LogP contribution < -0.4 is 5.73 Å². The van der Waals surface area contributed by atoms with E-state index in [0.29, 0.717) is 12.5 Å². The fraction of sp³-hybridized carbons (Fsp3) is 0.333. The summed E-state index contributed by atoms with van der Waals surface area (Å²) < 4.78 is 13.6. The summed E-state index contributed by atoms with van der Waals surface area (Å²) in [5.74, 6) is 0.204. The van der Waals surface area contributed by atoms with Crippen molar-refractivity contribution in [2.75, 3.05) is 6.54 Å². The fourth-order valence-corrected chi connectivity index (χ4v) is 3.52. The van der Waals surface area contributed by atoms with Crippen molar-refractivity contribution in [1.82, 2.24) is 0 Å².